The normalized spacial score (nSPS) is 9.20. The molecule has 0 saturated carbocycles. The first-order chi connectivity index (χ1) is 4.47. The lowest BCUT2D eigenvalue weighted by Gasteiger charge is -1.76. The fraction of sp³-hybridized carbons (Fsp3) is 0. The van der Waals surface area contributed by atoms with E-state index >= 15 is 0 Å². The molecule has 1 N–H and O–H groups in total. The first-order valence-corrected chi connectivity index (χ1v) is 2.76. The van der Waals surface area contributed by atoms with Crippen LogP contribution in [0.1, 0.15) is 0 Å². The standard InChI is InChI=1S/C6H5N3.BrH/c1-2-7-6-8-3-5-9(6)4-1;/h1-5H;1H. The predicted molar refractivity (Wildman–Crippen MR) is 31.7 cm³/mol. The van der Waals surface area contributed by atoms with Crippen molar-refractivity contribution in [3.8, 4) is 0 Å². The summed E-state index contributed by atoms with van der Waals surface area (Å²) in [7, 11) is 0. The zero-order chi connectivity index (χ0) is 6.10. The molecule has 0 radical (unpaired) electrons. The highest BCUT2D eigenvalue weighted by Crippen LogP contribution is 1.81. The van der Waals surface area contributed by atoms with Gasteiger partial charge in [0.15, 0.2) is 0 Å². The van der Waals surface area contributed by atoms with Crippen LogP contribution in [0.5, 0.6) is 0 Å². The van der Waals surface area contributed by atoms with Gasteiger partial charge in [0.05, 0.1) is 12.4 Å². The van der Waals surface area contributed by atoms with Crippen molar-refractivity contribution in [3.05, 3.63) is 30.9 Å². The van der Waals surface area contributed by atoms with Crippen LogP contribution < -0.4 is 21.4 Å². The van der Waals surface area contributed by atoms with E-state index in [-0.39, 0.29) is 17.0 Å². The van der Waals surface area contributed by atoms with Gasteiger partial charge < -0.3 is 17.0 Å². The van der Waals surface area contributed by atoms with Crippen LogP contribution in [-0.2, 0) is 0 Å². The van der Waals surface area contributed by atoms with Gasteiger partial charge in [-0.3, -0.25) is 0 Å². The van der Waals surface area contributed by atoms with Crippen LogP contribution in [0.25, 0.3) is 5.78 Å². The van der Waals surface area contributed by atoms with E-state index in [1.807, 2.05) is 29.1 Å². The lowest BCUT2D eigenvalue weighted by atomic mass is 10.7. The fourth-order valence-corrected chi connectivity index (χ4v) is 0.806. The molecule has 0 atom stereocenters. The number of nitrogens with one attached hydrogen (secondary N) is 1. The summed E-state index contributed by atoms with van der Waals surface area (Å²) in [5.41, 5.74) is 0. The monoisotopic (exact) mass is 199 g/mol. The van der Waals surface area contributed by atoms with Crippen LogP contribution >= 0.6 is 0 Å². The minimum Gasteiger partial charge on any atom is -1.00 e. The Balaban J connectivity index is 0.000000500. The Kier molecular flexibility index (Phi) is 2.01. The summed E-state index contributed by atoms with van der Waals surface area (Å²) >= 11 is 0. The van der Waals surface area contributed by atoms with Gasteiger partial charge in [-0.25, -0.2) is 9.38 Å². The maximum absolute atomic E-state index is 4.05. The zero-order valence-corrected chi connectivity index (χ0v) is 6.75. The van der Waals surface area contributed by atoms with E-state index in [1.165, 1.54) is 0 Å². The molecule has 0 aliphatic rings. The second-order valence-corrected chi connectivity index (χ2v) is 1.81. The molecule has 0 aliphatic heterocycles. The summed E-state index contributed by atoms with van der Waals surface area (Å²) in [4.78, 5) is 7.02. The van der Waals surface area contributed by atoms with Crippen molar-refractivity contribution < 1.29 is 21.4 Å². The van der Waals surface area contributed by atoms with Gasteiger partial charge in [0.25, 0.3) is 0 Å². The molecule has 4 heteroatoms. The summed E-state index contributed by atoms with van der Waals surface area (Å²) in [5, 5.41) is 0. The molecule has 52 valence electrons. The van der Waals surface area contributed by atoms with Crippen molar-refractivity contribution in [2.75, 3.05) is 0 Å². The summed E-state index contributed by atoms with van der Waals surface area (Å²) < 4.78 is 1.92. The molecule has 0 bridgehead atoms. The quantitative estimate of drug-likeness (QED) is 0.456. The minimum atomic E-state index is 0. The first kappa shape index (κ1) is 7.21. The highest BCUT2D eigenvalue weighted by atomic mass is 79.9. The summed E-state index contributed by atoms with van der Waals surface area (Å²) in [5.74, 6) is 0.873. The third kappa shape index (κ3) is 1.02. The van der Waals surface area contributed by atoms with E-state index in [2.05, 4.69) is 9.97 Å². The van der Waals surface area contributed by atoms with E-state index in [1.54, 1.807) is 6.20 Å². The first-order valence-electron chi connectivity index (χ1n) is 2.76. The second kappa shape index (κ2) is 2.79. The van der Waals surface area contributed by atoms with Crippen LogP contribution in [0.3, 0.4) is 0 Å². The van der Waals surface area contributed by atoms with Gasteiger partial charge >= 0.3 is 5.78 Å². The number of nitrogens with zero attached hydrogens (tertiary/aromatic N) is 2. The molecule has 2 rings (SSSR count). The molecule has 2 aromatic heterocycles. The smallest absolute Gasteiger partial charge is 0.400 e. The van der Waals surface area contributed by atoms with Gasteiger partial charge in [0.1, 0.15) is 12.4 Å². The minimum absolute atomic E-state index is 0. The number of rotatable bonds is 0. The largest absolute Gasteiger partial charge is 1.00 e. The summed E-state index contributed by atoms with van der Waals surface area (Å²) in [6.07, 6.45) is 7.47. The van der Waals surface area contributed by atoms with Gasteiger partial charge in [-0.15, -0.1) is 0 Å². The maximum Gasteiger partial charge on any atom is 0.400 e. The van der Waals surface area contributed by atoms with Gasteiger partial charge in [0, 0.05) is 6.07 Å². The van der Waals surface area contributed by atoms with Gasteiger partial charge in [-0.1, -0.05) is 4.98 Å². The number of halogens is 1. The Morgan fingerprint density at radius 3 is 3.10 bits per heavy atom. The van der Waals surface area contributed by atoms with Crippen LogP contribution in [-0.4, -0.2) is 9.97 Å². The molecule has 10 heavy (non-hydrogen) atoms. The predicted octanol–water partition coefficient (Wildman–Crippen LogP) is -2.85. The molecule has 0 unspecified atom stereocenters. The Hall–Kier alpha value is -0.900. The lowest BCUT2D eigenvalue weighted by molar-refractivity contribution is -0.512. The van der Waals surface area contributed by atoms with E-state index in [4.69, 9.17) is 0 Å². The topological polar surface area (TPSA) is 32.8 Å². The SMILES string of the molecule is [Br-].c1cnc2[nH]cc[n+]2c1. The van der Waals surface area contributed by atoms with E-state index in [0.29, 0.717) is 0 Å². The average Bonchev–Trinajstić information content (AvgIpc) is 2.33. The van der Waals surface area contributed by atoms with Crippen molar-refractivity contribution in [2.24, 2.45) is 0 Å². The van der Waals surface area contributed by atoms with Crippen molar-refractivity contribution in [3.63, 3.8) is 0 Å². The highest BCUT2D eigenvalue weighted by molar-refractivity contribution is 5.12. The zero-order valence-electron chi connectivity index (χ0n) is 5.16. The number of imidazole rings is 1. The second-order valence-electron chi connectivity index (χ2n) is 1.81. The third-order valence-electron chi connectivity index (χ3n) is 1.22. The molecule has 0 spiro atoms. The van der Waals surface area contributed by atoms with Crippen LogP contribution in [0, 0.1) is 0 Å². The Bertz CT molecular complexity index is 287. The molecular weight excluding hydrogens is 194 g/mol. The molecule has 0 aromatic carbocycles. The van der Waals surface area contributed by atoms with Gasteiger partial charge in [-0.05, 0) is 0 Å². The summed E-state index contributed by atoms with van der Waals surface area (Å²) in [6, 6.07) is 1.89. The van der Waals surface area contributed by atoms with Gasteiger partial charge in [0.2, 0.25) is 0 Å². The maximum atomic E-state index is 4.05. The molecule has 2 heterocycles. The van der Waals surface area contributed by atoms with Crippen molar-refractivity contribution in [2.45, 2.75) is 0 Å². The fourth-order valence-electron chi connectivity index (χ4n) is 0.806. The molecule has 2 aromatic rings. The molecule has 0 amide bonds. The van der Waals surface area contributed by atoms with Crippen molar-refractivity contribution in [1.29, 1.82) is 0 Å². The lowest BCUT2D eigenvalue weighted by Crippen LogP contribution is -3.00. The number of hydrogen-bond donors (Lipinski definition) is 1. The number of H-pyrrole nitrogens is 1. The van der Waals surface area contributed by atoms with E-state index < -0.39 is 0 Å². The third-order valence-corrected chi connectivity index (χ3v) is 1.22. The number of aromatic amines is 1. The molecular formula is C6H6BrN3. The molecule has 0 fully saturated rings. The van der Waals surface area contributed by atoms with Crippen LogP contribution in [0.2, 0.25) is 0 Å². The molecule has 0 aliphatic carbocycles. The van der Waals surface area contributed by atoms with E-state index in [9.17, 15) is 0 Å². The molecule has 3 nitrogen and oxygen atoms in total. The molecule has 0 saturated heterocycles. The highest BCUT2D eigenvalue weighted by Gasteiger charge is 1.96. The summed E-state index contributed by atoms with van der Waals surface area (Å²) in [6.45, 7) is 0. The number of aromatic nitrogens is 3. The Morgan fingerprint density at radius 2 is 2.30 bits per heavy atom. The Morgan fingerprint density at radius 1 is 1.40 bits per heavy atom. The van der Waals surface area contributed by atoms with Crippen molar-refractivity contribution >= 4 is 5.78 Å². The van der Waals surface area contributed by atoms with Crippen LogP contribution in [0.4, 0.5) is 0 Å². The number of fused-ring (bicyclic) bond motifs is 1. The van der Waals surface area contributed by atoms with Crippen molar-refractivity contribution in [1.82, 2.24) is 9.97 Å². The average molecular weight is 200 g/mol. The number of hydrogen-bond acceptors (Lipinski definition) is 1. The van der Waals surface area contributed by atoms with E-state index in [0.717, 1.165) is 5.78 Å². The van der Waals surface area contributed by atoms with Crippen LogP contribution in [0.15, 0.2) is 30.9 Å². The Labute approximate surface area is 68.5 Å². The van der Waals surface area contributed by atoms with Gasteiger partial charge in [-0.2, -0.15) is 0 Å².